The molecular weight excluding hydrogens is 390 g/mol. The van der Waals surface area contributed by atoms with Gasteiger partial charge in [0.1, 0.15) is 16.1 Å². The Morgan fingerprint density at radius 2 is 2.27 bits per heavy atom. The molecule has 1 aromatic rings. The van der Waals surface area contributed by atoms with E-state index in [0.717, 1.165) is 11.8 Å². The van der Waals surface area contributed by atoms with Gasteiger partial charge in [0, 0.05) is 6.08 Å². The van der Waals surface area contributed by atoms with Crippen LogP contribution in [0.1, 0.15) is 26.0 Å². The monoisotopic (exact) mass is 403 g/mol. The number of amides is 1. The summed E-state index contributed by atoms with van der Waals surface area (Å²) in [6.07, 6.45) is 2.21. The summed E-state index contributed by atoms with van der Waals surface area (Å²) in [5.74, 6) is -1.14. The minimum atomic E-state index is -1.05. The highest BCUT2D eigenvalue weighted by Crippen LogP contribution is 2.36. The third kappa shape index (κ3) is 3.44. The zero-order valence-corrected chi connectivity index (χ0v) is 15.1. The number of carboxylic acid groups (broad SMARTS) is 1. The van der Waals surface area contributed by atoms with Crippen molar-refractivity contribution in [3.63, 3.8) is 0 Å². The average molecular weight is 404 g/mol. The van der Waals surface area contributed by atoms with Crippen molar-refractivity contribution in [2.75, 3.05) is 0 Å². The highest BCUT2D eigenvalue weighted by molar-refractivity contribution is 9.10. The molecular formula is C14H14BrNO4S2. The molecule has 0 spiro atoms. The SMILES string of the molecule is CC[C@H](C)[C@H](C(=O)O)N1C(=O)/C(=C\c2ccc(Br)o2)SC1=S. The summed E-state index contributed by atoms with van der Waals surface area (Å²) in [7, 11) is 0. The van der Waals surface area contributed by atoms with Crippen molar-refractivity contribution in [1.82, 2.24) is 4.90 Å². The van der Waals surface area contributed by atoms with Crippen LogP contribution in [0.3, 0.4) is 0 Å². The number of rotatable bonds is 5. The molecule has 0 radical (unpaired) electrons. The molecule has 118 valence electrons. The van der Waals surface area contributed by atoms with Gasteiger partial charge in [-0.2, -0.15) is 0 Å². The molecule has 0 aliphatic carbocycles. The second kappa shape index (κ2) is 6.97. The van der Waals surface area contributed by atoms with Crippen LogP contribution >= 0.6 is 39.9 Å². The van der Waals surface area contributed by atoms with Gasteiger partial charge in [-0.3, -0.25) is 9.69 Å². The summed E-state index contributed by atoms with van der Waals surface area (Å²) in [6, 6.07) is 2.47. The predicted molar refractivity (Wildman–Crippen MR) is 92.3 cm³/mol. The Bertz CT molecular complexity index is 655. The van der Waals surface area contributed by atoms with Crippen LogP contribution in [0.2, 0.25) is 0 Å². The molecule has 0 aromatic carbocycles. The lowest BCUT2D eigenvalue weighted by Crippen LogP contribution is -2.47. The number of carboxylic acids is 1. The number of carbonyl (C=O) groups excluding carboxylic acids is 1. The third-order valence-corrected chi connectivity index (χ3v) is 5.16. The van der Waals surface area contributed by atoms with E-state index in [1.165, 1.54) is 4.90 Å². The fraction of sp³-hybridized carbons (Fsp3) is 0.357. The Labute approximate surface area is 145 Å². The lowest BCUT2D eigenvalue weighted by Gasteiger charge is -2.27. The fourth-order valence-electron chi connectivity index (χ4n) is 2.09. The Kier molecular flexibility index (Phi) is 5.46. The summed E-state index contributed by atoms with van der Waals surface area (Å²) in [4.78, 5) is 25.6. The van der Waals surface area contributed by atoms with E-state index in [0.29, 0.717) is 21.8 Å². The molecule has 2 atom stereocenters. The van der Waals surface area contributed by atoms with Gasteiger partial charge in [0.2, 0.25) is 0 Å². The van der Waals surface area contributed by atoms with E-state index < -0.39 is 17.9 Å². The van der Waals surface area contributed by atoms with E-state index in [9.17, 15) is 14.7 Å². The van der Waals surface area contributed by atoms with Crippen LogP contribution in [0.4, 0.5) is 0 Å². The quantitative estimate of drug-likeness (QED) is 0.596. The average Bonchev–Trinajstić information content (AvgIpc) is 2.97. The third-order valence-electron chi connectivity index (χ3n) is 3.41. The zero-order chi connectivity index (χ0) is 16.4. The molecule has 1 fully saturated rings. The molecule has 1 saturated heterocycles. The van der Waals surface area contributed by atoms with Crippen molar-refractivity contribution >= 4 is 62.2 Å². The second-order valence-electron chi connectivity index (χ2n) is 4.86. The molecule has 1 amide bonds. The molecule has 22 heavy (non-hydrogen) atoms. The number of nitrogens with zero attached hydrogens (tertiary/aromatic N) is 1. The smallest absolute Gasteiger partial charge is 0.327 e. The van der Waals surface area contributed by atoms with Gasteiger partial charge < -0.3 is 9.52 Å². The summed E-state index contributed by atoms with van der Waals surface area (Å²) < 4.78 is 6.15. The first-order valence-electron chi connectivity index (χ1n) is 6.60. The molecule has 0 bridgehead atoms. The van der Waals surface area contributed by atoms with Gasteiger partial charge in [-0.1, -0.05) is 44.2 Å². The van der Waals surface area contributed by atoms with Crippen molar-refractivity contribution in [2.45, 2.75) is 26.3 Å². The van der Waals surface area contributed by atoms with Gasteiger partial charge in [0.15, 0.2) is 4.67 Å². The van der Waals surface area contributed by atoms with Gasteiger partial charge in [-0.15, -0.1) is 0 Å². The molecule has 2 rings (SSSR count). The Morgan fingerprint density at radius 1 is 1.59 bits per heavy atom. The standard InChI is InChI=1S/C14H14BrNO4S2/c1-3-7(2)11(13(18)19)16-12(17)9(22-14(16)21)6-8-4-5-10(15)20-8/h4-7,11H,3H2,1-2H3,(H,18,19)/b9-6+/t7-,11+/m0/s1. The first-order valence-corrected chi connectivity index (χ1v) is 8.62. The molecule has 1 N–H and O–H groups in total. The Morgan fingerprint density at radius 3 is 2.77 bits per heavy atom. The normalized spacial score (nSPS) is 19.8. The van der Waals surface area contributed by atoms with Crippen molar-refractivity contribution < 1.29 is 19.1 Å². The molecule has 0 unspecified atom stereocenters. The fourth-order valence-corrected chi connectivity index (χ4v) is 3.71. The number of furan rings is 1. The number of halogens is 1. The van der Waals surface area contributed by atoms with Crippen LogP contribution in [0, 0.1) is 5.92 Å². The van der Waals surface area contributed by atoms with E-state index in [1.807, 2.05) is 6.92 Å². The minimum absolute atomic E-state index is 0.197. The van der Waals surface area contributed by atoms with Crippen LogP contribution in [-0.2, 0) is 9.59 Å². The highest BCUT2D eigenvalue weighted by atomic mass is 79.9. The van der Waals surface area contributed by atoms with Gasteiger partial charge in [0.25, 0.3) is 5.91 Å². The van der Waals surface area contributed by atoms with Crippen LogP contribution < -0.4 is 0 Å². The summed E-state index contributed by atoms with van der Waals surface area (Å²) in [6.45, 7) is 3.68. The maximum Gasteiger partial charge on any atom is 0.327 e. The van der Waals surface area contributed by atoms with E-state index in [4.69, 9.17) is 16.6 Å². The lowest BCUT2D eigenvalue weighted by atomic mass is 9.98. The van der Waals surface area contributed by atoms with E-state index in [1.54, 1.807) is 25.1 Å². The van der Waals surface area contributed by atoms with Crippen molar-refractivity contribution in [3.05, 3.63) is 27.5 Å². The molecule has 1 aromatic heterocycles. The molecule has 1 aliphatic heterocycles. The molecule has 5 nitrogen and oxygen atoms in total. The van der Waals surface area contributed by atoms with E-state index in [2.05, 4.69) is 15.9 Å². The zero-order valence-electron chi connectivity index (χ0n) is 11.9. The summed E-state index contributed by atoms with van der Waals surface area (Å²) in [5.41, 5.74) is 0. The molecule has 8 heteroatoms. The maximum absolute atomic E-state index is 12.5. The van der Waals surface area contributed by atoms with E-state index in [-0.39, 0.29) is 10.2 Å². The largest absolute Gasteiger partial charge is 0.480 e. The number of hydrogen-bond donors (Lipinski definition) is 1. The topological polar surface area (TPSA) is 70.8 Å². The van der Waals surface area contributed by atoms with Crippen molar-refractivity contribution in [1.29, 1.82) is 0 Å². The van der Waals surface area contributed by atoms with Crippen molar-refractivity contribution in [2.24, 2.45) is 5.92 Å². The Balaban J connectivity index is 2.32. The van der Waals surface area contributed by atoms with E-state index >= 15 is 0 Å². The second-order valence-corrected chi connectivity index (χ2v) is 7.32. The molecule has 1 aliphatic rings. The summed E-state index contributed by atoms with van der Waals surface area (Å²) in [5, 5.41) is 9.44. The van der Waals surface area contributed by atoms with Crippen LogP contribution in [0.5, 0.6) is 0 Å². The van der Waals surface area contributed by atoms with Gasteiger partial charge in [-0.05, 0) is 34.0 Å². The van der Waals surface area contributed by atoms with Gasteiger partial charge in [-0.25, -0.2) is 4.79 Å². The first kappa shape index (κ1) is 17.2. The van der Waals surface area contributed by atoms with Crippen LogP contribution in [0.25, 0.3) is 6.08 Å². The number of aliphatic carboxylic acids is 1. The van der Waals surface area contributed by atoms with Crippen LogP contribution in [-0.4, -0.2) is 32.2 Å². The van der Waals surface area contributed by atoms with Gasteiger partial charge >= 0.3 is 5.97 Å². The lowest BCUT2D eigenvalue weighted by molar-refractivity contribution is -0.147. The first-order chi connectivity index (χ1) is 10.3. The Hall–Kier alpha value is -1.12. The number of hydrogen-bond acceptors (Lipinski definition) is 5. The van der Waals surface area contributed by atoms with Crippen LogP contribution in [0.15, 0.2) is 26.1 Å². The van der Waals surface area contributed by atoms with Gasteiger partial charge in [0.05, 0.1) is 4.91 Å². The molecule has 0 saturated carbocycles. The molecule has 2 heterocycles. The maximum atomic E-state index is 12.5. The predicted octanol–water partition coefficient (Wildman–Crippen LogP) is 3.74. The number of thioether (sulfide) groups is 1. The van der Waals surface area contributed by atoms with Crippen molar-refractivity contribution in [3.8, 4) is 0 Å². The minimum Gasteiger partial charge on any atom is -0.480 e. The number of thiocarbonyl (C=S) groups is 1. The summed E-state index contributed by atoms with van der Waals surface area (Å²) >= 11 is 9.48. The highest BCUT2D eigenvalue weighted by Gasteiger charge is 2.42. The number of carbonyl (C=O) groups is 2.